The Balaban J connectivity index is 0.00000261. The lowest BCUT2D eigenvalue weighted by molar-refractivity contribution is 0.133. The number of hydrogen-bond acceptors (Lipinski definition) is 4. The summed E-state index contributed by atoms with van der Waals surface area (Å²) in [6.07, 6.45) is 0. The molecule has 2 aromatic rings. The quantitative estimate of drug-likeness (QED) is 0.359. The maximum atomic E-state index is 5.54. The predicted octanol–water partition coefficient (Wildman–Crippen LogP) is 3.44. The Morgan fingerprint density at radius 1 is 1.04 bits per heavy atom. The van der Waals surface area contributed by atoms with Crippen LogP contribution in [-0.2, 0) is 24.4 Å². The van der Waals surface area contributed by atoms with Crippen molar-refractivity contribution < 1.29 is 14.2 Å². The molecule has 2 N–H and O–H groups in total. The van der Waals surface area contributed by atoms with Gasteiger partial charge in [0.2, 0.25) is 6.79 Å². The molecule has 0 saturated carbocycles. The van der Waals surface area contributed by atoms with Crippen molar-refractivity contribution in [3.05, 3.63) is 59.2 Å². The number of fused-ring (bicyclic) bond motifs is 1. The van der Waals surface area contributed by atoms with Crippen LogP contribution in [0.2, 0.25) is 0 Å². The Bertz CT molecular complexity index is 768. The Kier molecular flexibility index (Phi) is 8.66. The van der Waals surface area contributed by atoms with Crippen LogP contribution in [0, 0.1) is 0 Å². The highest BCUT2D eigenvalue weighted by Crippen LogP contribution is 2.32. The Labute approximate surface area is 177 Å². The summed E-state index contributed by atoms with van der Waals surface area (Å²) < 4.78 is 16.3. The zero-order chi connectivity index (χ0) is 18.2. The van der Waals surface area contributed by atoms with Crippen LogP contribution in [0.1, 0.15) is 23.6 Å². The molecule has 7 heteroatoms. The summed E-state index contributed by atoms with van der Waals surface area (Å²) in [6, 6.07) is 14.2. The molecule has 1 aliphatic heterocycles. The summed E-state index contributed by atoms with van der Waals surface area (Å²) in [6.45, 7) is 4.96. The zero-order valence-corrected chi connectivity index (χ0v) is 18.0. The van der Waals surface area contributed by atoms with Crippen LogP contribution in [0.4, 0.5) is 0 Å². The van der Waals surface area contributed by atoms with Gasteiger partial charge in [0.05, 0.1) is 6.61 Å². The molecule has 1 aliphatic rings. The fraction of sp³-hybridized carbons (Fsp3) is 0.350. The second-order valence-electron chi connectivity index (χ2n) is 5.87. The van der Waals surface area contributed by atoms with E-state index < -0.39 is 0 Å². The first-order chi connectivity index (χ1) is 12.8. The summed E-state index contributed by atoms with van der Waals surface area (Å²) in [7, 11) is 1.76. The molecule has 2 aromatic carbocycles. The molecule has 0 spiro atoms. The maximum absolute atomic E-state index is 5.54. The van der Waals surface area contributed by atoms with E-state index in [2.05, 4.69) is 27.8 Å². The summed E-state index contributed by atoms with van der Waals surface area (Å²) in [5, 5.41) is 6.67. The lowest BCUT2D eigenvalue weighted by Crippen LogP contribution is -2.36. The third-order valence-electron chi connectivity index (χ3n) is 4.15. The summed E-state index contributed by atoms with van der Waals surface area (Å²) in [5.74, 6) is 2.33. The molecule has 1 heterocycles. The third-order valence-corrected chi connectivity index (χ3v) is 4.15. The number of hydrogen-bond donors (Lipinski definition) is 2. The van der Waals surface area contributed by atoms with Gasteiger partial charge in [0.15, 0.2) is 17.5 Å². The lowest BCUT2D eigenvalue weighted by atomic mass is 10.1. The Morgan fingerprint density at radius 2 is 1.78 bits per heavy atom. The second kappa shape index (κ2) is 11.0. The van der Waals surface area contributed by atoms with Crippen LogP contribution < -0.4 is 20.1 Å². The summed E-state index contributed by atoms with van der Waals surface area (Å²) in [5.41, 5.74) is 3.49. The Morgan fingerprint density at radius 3 is 2.56 bits per heavy atom. The molecule has 6 nitrogen and oxygen atoms in total. The number of nitrogens with zero attached hydrogens (tertiary/aromatic N) is 1. The van der Waals surface area contributed by atoms with E-state index in [-0.39, 0.29) is 30.8 Å². The highest BCUT2D eigenvalue weighted by atomic mass is 127. The standard InChI is InChI=1S/C20H25N3O3.HI/c1-3-24-13-17-7-5-4-6-16(17)12-23-20(21-2)22-11-15-8-9-18-19(10-15)26-14-25-18;/h4-10H,3,11-14H2,1-2H3,(H2,21,22,23);1H. The highest BCUT2D eigenvalue weighted by Gasteiger charge is 2.13. The molecule has 0 atom stereocenters. The van der Waals surface area contributed by atoms with Gasteiger partial charge in [-0.3, -0.25) is 4.99 Å². The van der Waals surface area contributed by atoms with Gasteiger partial charge in [-0.25, -0.2) is 0 Å². The van der Waals surface area contributed by atoms with Crippen molar-refractivity contribution in [3.8, 4) is 11.5 Å². The molecule has 0 bridgehead atoms. The van der Waals surface area contributed by atoms with Crippen molar-refractivity contribution in [3.63, 3.8) is 0 Å². The molecule has 0 radical (unpaired) electrons. The van der Waals surface area contributed by atoms with Crippen molar-refractivity contribution in [2.45, 2.75) is 26.6 Å². The van der Waals surface area contributed by atoms with Crippen LogP contribution >= 0.6 is 24.0 Å². The minimum Gasteiger partial charge on any atom is -0.454 e. The van der Waals surface area contributed by atoms with Crippen molar-refractivity contribution >= 4 is 29.9 Å². The molecule has 0 amide bonds. The van der Waals surface area contributed by atoms with E-state index in [0.29, 0.717) is 26.3 Å². The molecular formula is C20H26IN3O3. The SMILES string of the molecule is CCOCc1ccccc1CNC(=NC)NCc1ccc2c(c1)OCO2.I. The fourth-order valence-corrected chi connectivity index (χ4v) is 2.72. The lowest BCUT2D eigenvalue weighted by Gasteiger charge is -2.14. The second-order valence-corrected chi connectivity index (χ2v) is 5.87. The van der Waals surface area contributed by atoms with Gasteiger partial charge in [0, 0.05) is 26.7 Å². The monoisotopic (exact) mass is 483 g/mol. The van der Waals surface area contributed by atoms with Gasteiger partial charge in [-0.15, -0.1) is 24.0 Å². The van der Waals surface area contributed by atoms with E-state index in [1.54, 1.807) is 7.05 Å². The number of nitrogens with one attached hydrogen (secondary N) is 2. The normalized spacial score (nSPS) is 12.4. The minimum absolute atomic E-state index is 0. The molecule has 3 rings (SSSR count). The smallest absolute Gasteiger partial charge is 0.231 e. The fourth-order valence-electron chi connectivity index (χ4n) is 2.72. The number of aliphatic imine (C=N–C) groups is 1. The van der Waals surface area contributed by atoms with Gasteiger partial charge in [-0.2, -0.15) is 0 Å². The van der Waals surface area contributed by atoms with Crippen molar-refractivity contribution in [1.29, 1.82) is 0 Å². The van der Waals surface area contributed by atoms with E-state index in [0.717, 1.165) is 23.0 Å². The summed E-state index contributed by atoms with van der Waals surface area (Å²) >= 11 is 0. The van der Waals surface area contributed by atoms with Gasteiger partial charge in [-0.05, 0) is 35.7 Å². The van der Waals surface area contributed by atoms with E-state index in [9.17, 15) is 0 Å². The van der Waals surface area contributed by atoms with Crippen LogP contribution in [0.5, 0.6) is 11.5 Å². The maximum Gasteiger partial charge on any atom is 0.231 e. The van der Waals surface area contributed by atoms with Gasteiger partial charge in [-0.1, -0.05) is 30.3 Å². The first-order valence-corrected chi connectivity index (χ1v) is 8.77. The molecule has 0 unspecified atom stereocenters. The predicted molar refractivity (Wildman–Crippen MR) is 117 cm³/mol. The molecule has 0 fully saturated rings. The molecular weight excluding hydrogens is 457 g/mol. The number of benzene rings is 2. The van der Waals surface area contributed by atoms with Gasteiger partial charge in [0.1, 0.15) is 0 Å². The van der Waals surface area contributed by atoms with E-state index in [1.165, 1.54) is 11.1 Å². The number of rotatable bonds is 7. The van der Waals surface area contributed by atoms with Crippen LogP contribution in [0.15, 0.2) is 47.5 Å². The van der Waals surface area contributed by atoms with E-state index in [1.807, 2.05) is 37.3 Å². The number of ether oxygens (including phenoxy) is 3. The number of guanidine groups is 1. The molecule has 27 heavy (non-hydrogen) atoms. The minimum atomic E-state index is 0. The van der Waals surface area contributed by atoms with Crippen LogP contribution in [0.25, 0.3) is 0 Å². The molecule has 0 saturated heterocycles. The highest BCUT2D eigenvalue weighted by molar-refractivity contribution is 14.0. The summed E-state index contributed by atoms with van der Waals surface area (Å²) in [4.78, 5) is 4.29. The van der Waals surface area contributed by atoms with Gasteiger partial charge < -0.3 is 24.8 Å². The van der Waals surface area contributed by atoms with Crippen LogP contribution in [-0.4, -0.2) is 26.4 Å². The average molecular weight is 483 g/mol. The van der Waals surface area contributed by atoms with Crippen molar-refractivity contribution in [1.82, 2.24) is 10.6 Å². The van der Waals surface area contributed by atoms with Gasteiger partial charge >= 0.3 is 0 Å². The zero-order valence-electron chi connectivity index (χ0n) is 15.7. The first-order valence-electron chi connectivity index (χ1n) is 8.77. The Hall–Kier alpha value is -2.00. The van der Waals surface area contributed by atoms with Crippen LogP contribution in [0.3, 0.4) is 0 Å². The van der Waals surface area contributed by atoms with E-state index in [4.69, 9.17) is 14.2 Å². The van der Waals surface area contributed by atoms with Crippen molar-refractivity contribution in [2.24, 2.45) is 4.99 Å². The topological polar surface area (TPSA) is 64.1 Å². The molecule has 146 valence electrons. The third kappa shape index (κ3) is 6.00. The van der Waals surface area contributed by atoms with E-state index >= 15 is 0 Å². The average Bonchev–Trinajstić information content (AvgIpc) is 3.15. The first kappa shape index (κ1) is 21.3. The largest absolute Gasteiger partial charge is 0.454 e. The molecule has 0 aromatic heterocycles. The number of halogens is 1. The molecule has 0 aliphatic carbocycles. The van der Waals surface area contributed by atoms with Crippen molar-refractivity contribution in [2.75, 3.05) is 20.4 Å². The van der Waals surface area contributed by atoms with Gasteiger partial charge in [0.25, 0.3) is 0 Å².